The highest BCUT2D eigenvalue weighted by atomic mass is 19.1. The number of rotatable bonds is 4. The molecule has 0 spiro atoms. The van der Waals surface area contributed by atoms with Crippen LogP contribution in [0, 0.1) is 11.9 Å². The Hall–Kier alpha value is -2.23. The van der Waals surface area contributed by atoms with E-state index < -0.39 is 5.95 Å². The molecule has 104 valence electrons. The van der Waals surface area contributed by atoms with E-state index in [4.69, 9.17) is 0 Å². The van der Waals surface area contributed by atoms with Gasteiger partial charge in [0.2, 0.25) is 5.95 Å². The summed E-state index contributed by atoms with van der Waals surface area (Å²) in [4.78, 5) is 15.6. The first-order chi connectivity index (χ1) is 9.58. The highest BCUT2D eigenvalue weighted by Gasteiger charge is 2.19. The van der Waals surface area contributed by atoms with E-state index in [1.54, 1.807) is 0 Å². The summed E-state index contributed by atoms with van der Waals surface area (Å²) < 4.78 is 13.1. The van der Waals surface area contributed by atoms with Crippen LogP contribution in [0.2, 0.25) is 0 Å². The quantitative estimate of drug-likeness (QED) is 0.867. The summed E-state index contributed by atoms with van der Waals surface area (Å²) in [5, 5.41) is 2.94. The van der Waals surface area contributed by atoms with Gasteiger partial charge in [0.05, 0.1) is 6.04 Å². The molecule has 2 aromatic rings. The van der Waals surface area contributed by atoms with Crippen LogP contribution in [0.25, 0.3) is 0 Å². The number of nitrogens with one attached hydrogen (secondary N) is 1. The zero-order valence-electron chi connectivity index (χ0n) is 11.5. The van der Waals surface area contributed by atoms with Crippen molar-refractivity contribution in [3.8, 4) is 0 Å². The molecular weight excluding hydrogens is 255 g/mol. The summed E-state index contributed by atoms with van der Waals surface area (Å²) in [6.45, 7) is 4.07. The van der Waals surface area contributed by atoms with Gasteiger partial charge in [-0.05, 0) is 17.5 Å². The number of nitrogens with zero attached hydrogens (tertiary/aromatic N) is 1. The first kappa shape index (κ1) is 14.2. The molecule has 1 unspecified atom stereocenters. The van der Waals surface area contributed by atoms with E-state index in [0.717, 1.165) is 11.6 Å². The molecule has 0 aliphatic rings. The van der Waals surface area contributed by atoms with Crippen LogP contribution >= 0.6 is 0 Å². The van der Waals surface area contributed by atoms with E-state index in [9.17, 15) is 9.18 Å². The topological polar surface area (TPSA) is 42.0 Å². The number of carbonyl (C=O) groups excluding carboxylic acids is 1. The van der Waals surface area contributed by atoms with Gasteiger partial charge in [-0.1, -0.05) is 44.2 Å². The van der Waals surface area contributed by atoms with Crippen LogP contribution in [0.3, 0.4) is 0 Å². The lowest BCUT2D eigenvalue weighted by molar-refractivity contribution is 0.0925. The minimum Gasteiger partial charge on any atom is -0.345 e. The summed E-state index contributed by atoms with van der Waals surface area (Å²) in [7, 11) is 0. The Kier molecular flexibility index (Phi) is 4.45. The van der Waals surface area contributed by atoms with Gasteiger partial charge in [0.1, 0.15) is 0 Å². The molecule has 4 heteroatoms. The molecule has 3 nitrogen and oxygen atoms in total. The van der Waals surface area contributed by atoms with Crippen molar-refractivity contribution in [1.29, 1.82) is 0 Å². The fourth-order valence-electron chi connectivity index (χ4n) is 2.06. The predicted octanol–water partition coefficient (Wildman–Crippen LogP) is 3.35. The number of hydrogen-bond acceptors (Lipinski definition) is 2. The number of halogens is 1. The molecule has 0 aliphatic heterocycles. The Morgan fingerprint density at radius 2 is 1.90 bits per heavy atom. The largest absolute Gasteiger partial charge is 0.345 e. The van der Waals surface area contributed by atoms with Gasteiger partial charge in [-0.3, -0.25) is 4.79 Å². The Labute approximate surface area is 117 Å². The second kappa shape index (κ2) is 6.28. The van der Waals surface area contributed by atoms with Gasteiger partial charge in [-0.2, -0.15) is 4.39 Å². The van der Waals surface area contributed by atoms with Crippen LogP contribution in [-0.4, -0.2) is 10.9 Å². The van der Waals surface area contributed by atoms with Crippen molar-refractivity contribution < 1.29 is 9.18 Å². The van der Waals surface area contributed by atoms with Crippen molar-refractivity contribution in [2.45, 2.75) is 19.9 Å². The second-order valence-electron chi connectivity index (χ2n) is 4.97. The molecule has 0 saturated carbocycles. The Morgan fingerprint density at radius 1 is 1.20 bits per heavy atom. The van der Waals surface area contributed by atoms with Crippen molar-refractivity contribution in [3.05, 3.63) is 65.7 Å². The number of hydrogen-bond donors (Lipinski definition) is 1. The zero-order chi connectivity index (χ0) is 14.5. The minimum atomic E-state index is -0.654. The van der Waals surface area contributed by atoms with Crippen molar-refractivity contribution in [1.82, 2.24) is 10.3 Å². The molecule has 1 amide bonds. The number of carbonyl (C=O) groups is 1. The highest BCUT2D eigenvalue weighted by Crippen LogP contribution is 2.21. The molecule has 1 aromatic heterocycles. The average Bonchev–Trinajstić information content (AvgIpc) is 2.45. The summed E-state index contributed by atoms with van der Waals surface area (Å²) in [6.07, 6.45) is 1.29. The van der Waals surface area contributed by atoms with Gasteiger partial charge >= 0.3 is 0 Å². The Balaban J connectivity index is 2.19. The molecule has 20 heavy (non-hydrogen) atoms. The standard InChI is InChI=1S/C16H17FN2O/c1-11(2)15(12-6-4-3-5-7-12)19-16(20)13-8-9-18-14(17)10-13/h3-11,15H,1-2H3,(H,19,20). The van der Waals surface area contributed by atoms with Gasteiger partial charge in [0, 0.05) is 17.8 Å². The van der Waals surface area contributed by atoms with Crippen LogP contribution in [0.1, 0.15) is 35.8 Å². The van der Waals surface area contributed by atoms with Crippen molar-refractivity contribution in [2.75, 3.05) is 0 Å². The fourth-order valence-corrected chi connectivity index (χ4v) is 2.06. The Morgan fingerprint density at radius 3 is 2.50 bits per heavy atom. The normalized spacial score (nSPS) is 12.2. The van der Waals surface area contributed by atoms with E-state index in [-0.39, 0.29) is 23.4 Å². The Bertz CT molecular complexity index is 584. The zero-order valence-corrected chi connectivity index (χ0v) is 11.5. The molecule has 1 heterocycles. The number of aromatic nitrogens is 1. The highest BCUT2D eigenvalue weighted by molar-refractivity contribution is 5.94. The van der Waals surface area contributed by atoms with Gasteiger partial charge in [-0.15, -0.1) is 0 Å². The molecule has 1 N–H and O–H groups in total. The first-order valence-electron chi connectivity index (χ1n) is 6.55. The average molecular weight is 272 g/mol. The van der Waals surface area contributed by atoms with Crippen molar-refractivity contribution in [3.63, 3.8) is 0 Å². The van der Waals surface area contributed by atoms with Crippen LogP contribution in [0.5, 0.6) is 0 Å². The third-order valence-electron chi connectivity index (χ3n) is 3.10. The monoisotopic (exact) mass is 272 g/mol. The van der Waals surface area contributed by atoms with Gasteiger partial charge in [-0.25, -0.2) is 4.98 Å². The summed E-state index contributed by atoms with van der Waals surface area (Å²) in [5.41, 5.74) is 1.31. The lowest BCUT2D eigenvalue weighted by atomic mass is 9.96. The maximum absolute atomic E-state index is 13.1. The smallest absolute Gasteiger partial charge is 0.251 e. The predicted molar refractivity (Wildman–Crippen MR) is 75.7 cm³/mol. The first-order valence-corrected chi connectivity index (χ1v) is 6.55. The third kappa shape index (κ3) is 3.41. The second-order valence-corrected chi connectivity index (χ2v) is 4.97. The number of pyridine rings is 1. The number of benzene rings is 1. The van der Waals surface area contributed by atoms with Gasteiger partial charge < -0.3 is 5.32 Å². The summed E-state index contributed by atoms with van der Waals surface area (Å²) in [6, 6.07) is 12.3. The van der Waals surface area contributed by atoms with E-state index in [0.29, 0.717) is 0 Å². The molecule has 0 aliphatic carbocycles. The summed E-state index contributed by atoms with van der Waals surface area (Å²) >= 11 is 0. The van der Waals surface area contributed by atoms with Crippen molar-refractivity contribution in [2.24, 2.45) is 5.92 Å². The minimum absolute atomic E-state index is 0.111. The molecule has 1 aromatic carbocycles. The van der Waals surface area contributed by atoms with Crippen LogP contribution < -0.4 is 5.32 Å². The van der Waals surface area contributed by atoms with Crippen molar-refractivity contribution >= 4 is 5.91 Å². The third-order valence-corrected chi connectivity index (χ3v) is 3.10. The summed E-state index contributed by atoms with van der Waals surface area (Å²) in [5.74, 6) is -0.722. The lowest BCUT2D eigenvalue weighted by Crippen LogP contribution is -2.31. The van der Waals surface area contributed by atoms with Crippen LogP contribution in [0.4, 0.5) is 4.39 Å². The maximum Gasteiger partial charge on any atom is 0.251 e. The van der Waals surface area contributed by atoms with Crippen LogP contribution in [-0.2, 0) is 0 Å². The fraction of sp³-hybridized carbons (Fsp3) is 0.250. The van der Waals surface area contributed by atoms with E-state index in [1.165, 1.54) is 12.3 Å². The lowest BCUT2D eigenvalue weighted by Gasteiger charge is -2.23. The van der Waals surface area contributed by atoms with E-state index >= 15 is 0 Å². The molecule has 0 bridgehead atoms. The maximum atomic E-state index is 13.1. The molecule has 0 radical (unpaired) electrons. The van der Waals surface area contributed by atoms with E-state index in [1.807, 2.05) is 44.2 Å². The molecule has 2 rings (SSSR count). The molecule has 1 atom stereocenters. The molecule has 0 saturated heterocycles. The van der Waals surface area contributed by atoms with Gasteiger partial charge in [0.25, 0.3) is 5.91 Å². The van der Waals surface area contributed by atoms with Gasteiger partial charge in [0.15, 0.2) is 0 Å². The SMILES string of the molecule is CC(C)C(NC(=O)c1ccnc(F)c1)c1ccccc1. The molecular formula is C16H17FN2O. The molecule has 0 fully saturated rings. The van der Waals surface area contributed by atoms with Crippen LogP contribution in [0.15, 0.2) is 48.7 Å². The van der Waals surface area contributed by atoms with E-state index in [2.05, 4.69) is 10.3 Å². The number of amides is 1.